The maximum Gasteiger partial charge on any atom is 0.394 e. The van der Waals surface area contributed by atoms with E-state index in [-0.39, 0.29) is 5.91 Å². The number of nitrogens with zero attached hydrogens (tertiary/aromatic N) is 4. The molecule has 1 amide bonds. The summed E-state index contributed by atoms with van der Waals surface area (Å²) in [5.41, 5.74) is 2.06. The van der Waals surface area contributed by atoms with Crippen LogP contribution in [0.2, 0.25) is 0 Å². The van der Waals surface area contributed by atoms with Crippen LogP contribution in [0.3, 0.4) is 0 Å². The summed E-state index contributed by atoms with van der Waals surface area (Å²) in [4.78, 5) is 11.4. The van der Waals surface area contributed by atoms with Gasteiger partial charge in [-0.05, 0) is 66.3 Å². The van der Waals surface area contributed by atoms with Gasteiger partial charge in [0.15, 0.2) is 5.82 Å². The minimum atomic E-state index is -4.67. The summed E-state index contributed by atoms with van der Waals surface area (Å²) in [7, 11) is -4.67. The van der Waals surface area contributed by atoms with Crippen molar-refractivity contribution in [2.24, 2.45) is 0 Å². The maximum absolute atomic E-state index is 11.4. The van der Waals surface area contributed by atoms with Gasteiger partial charge in [-0.2, -0.15) is 8.42 Å². The molecule has 0 spiro atoms. The van der Waals surface area contributed by atoms with Crippen LogP contribution in [0.25, 0.3) is 0 Å². The highest BCUT2D eigenvalue weighted by atomic mass is 32.3. The maximum atomic E-state index is 11.4. The molecule has 1 saturated carbocycles. The molecule has 32 heavy (non-hydrogen) atoms. The summed E-state index contributed by atoms with van der Waals surface area (Å²) in [6, 6.07) is 6.38. The molecular weight excluding hydrogens is 438 g/mol. The SMILES string of the molecule is O=C1CCc2cc(OCCCCc3nnnn3C3CCCCC3)ccc2N1.O=S(=O)(O)O. The van der Waals surface area contributed by atoms with Gasteiger partial charge in [-0.15, -0.1) is 5.10 Å². The predicted octanol–water partition coefficient (Wildman–Crippen LogP) is 2.81. The van der Waals surface area contributed by atoms with E-state index >= 15 is 0 Å². The molecule has 176 valence electrons. The molecule has 3 N–H and O–H groups in total. The van der Waals surface area contributed by atoms with Gasteiger partial charge in [-0.1, -0.05) is 19.3 Å². The van der Waals surface area contributed by atoms with Crippen molar-refractivity contribution in [2.75, 3.05) is 11.9 Å². The average molecular weight is 468 g/mol. The van der Waals surface area contributed by atoms with Gasteiger partial charge in [0, 0.05) is 18.5 Å². The second-order valence-corrected chi connectivity index (χ2v) is 8.85. The Bertz CT molecular complexity index is 996. The Hall–Kier alpha value is -2.57. The first-order valence-corrected chi connectivity index (χ1v) is 12.2. The third-order valence-corrected chi connectivity index (χ3v) is 5.52. The molecular formula is C20H29N5O6S. The van der Waals surface area contributed by atoms with Gasteiger partial charge < -0.3 is 10.1 Å². The molecule has 0 unspecified atom stereocenters. The summed E-state index contributed by atoms with van der Waals surface area (Å²) in [5, 5.41) is 15.2. The number of carbonyl (C=O) groups excluding carboxylic acids is 1. The highest BCUT2D eigenvalue weighted by Gasteiger charge is 2.19. The van der Waals surface area contributed by atoms with E-state index in [9.17, 15) is 4.79 Å². The molecule has 1 aromatic heterocycles. The lowest BCUT2D eigenvalue weighted by molar-refractivity contribution is -0.116. The summed E-state index contributed by atoms with van der Waals surface area (Å²) >= 11 is 0. The smallest absolute Gasteiger partial charge is 0.394 e. The lowest BCUT2D eigenvalue weighted by atomic mass is 9.95. The fourth-order valence-electron chi connectivity index (χ4n) is 4.01. The van der Waals surface area contributed by atoms with E-state index in [0.29, 0.717) is 19.1 Å². The normalized spacial score (nSPS) is 16.5. The standard InChI is InChI=1S/C20H27N5O2.H2O4S/c26-20-12-9-15-14-17(10-11-18(15)21-20)27-13-5-4-8-19-22-23-24-25(19)16-6-2-1-3-7-16;1-5(2,3)4/h10-11,14,16H,1-9,12-13H2,(H,21,26);(H2,1,2,3,4). The molecule has 2 aromatic rings. The first-order chi connectivity index (χ1) is 15.3. The zero-order chi connectivity index (χ0) is 23.0. The first-order valence-electron chi connectivity index (χ1n) is 10.8. The largest absolute Gasteiger partial charge is 0.494 e. The van der Waals surface area contributed by atoms with Crippen molar-refractivity contribution < 1.29 is 27.1 Å². The van der Waals surface area contributed by atoms with Gasteiger partial charge in [0.05, 0.1) is 12.6 Å². The molecule has 1 aliphatic heterocycles. The number of nitrogens with one attached hydrogen (secondary N) is 1. The zero-order valence-corrected chi connectivity index (χ0v) is 18.6. The van der Waals surface area contributed by atoms with E-state index in [1.54, 1.807) is 0 Å². The van der Waals surface area contributed by atoms with Crippen LogP contribution in [0.4, 0.5) is 5.69 Å². The van der Waals surface area contributed by atoms with E-state index in [1.807, 2.05) is 18.2 Å². The molecule has 1 fully saturated rings. The van der Waals surface area contributed by atoms with Crippen molar-refractivity contribution in [2.45, 2.75) is 70.3 Å². The minimum Gasteiger partial charge on any atom is -0.494 e. The van der Waals surface area contributed by atoms with Gasteiger partial charge >= 0.3 is 10.4 Å². The minimum absolute atomic E-state index is 0.0896. The van der Waals surface area contributed by atoms with Crippen LogP contribution in [-0.4, -0.2) is 50.2 Å². The quantitative estimate of drug-likeness (QED) is 0.411. The van der Waals surface area contributed by atoms with Crippen molar-refractivity contribution in [3.8, 4) is 5.75 Å². The number of anilines is 1. The van der Waals surface area contributed by atoms with Gasteiger partial charge in [0.1, 0.15) is 5.75 Å². The zero-order valence-electron chi connectivity index (χ0n) is 17.8. The molecule has 0 saturated heterocycles. The first kappa shape index (κ1) is 24.1. The average Bonchev–Trinajstić information content (AvgIpc) is 3.21. The Balaban J connectivity index is 0.000000523. The van der Waals surface area contributed by atoms with Crippen molar-refractivity contribution >= 4 is 22.0 Å². The number of rotatable bonds is 7. The lowest BCUT2D eigenvalue weighted by Gasteiger charge is -2.22. The van der Waals surface area contributed by atoms with Gasteiger partial charge in [0.25, 0.3) is 0 Å². The highest BCUT2D eigenvalue weighted by Crippen LogP contribution is 2.28. The number of tetrazole rings is 1. The van der Waals surface area contributed by atoms with E-state index < -0.39 is 10.4 Å². The second kappa shape index (κ2) is 11.3. The Kier molecular flexibility index (Phi) is 8.53. The highest BCUT2D eigenvalue weighted by molar-refractivity contribution is 7.79. The van der Waals surface area contributed by atoms with Crippen molar-refractivity contribution in [3.63, 3.8) is 0 Å². The number of aromatic nitrogens is 4. The number of aryl methyl sites for hydroxylation is 2. The van der Waals surface area contributed by atoms with E-state index in [0.717, 1.165) is 48.5 Å². The molecule has 12 heteroatoms. The number of amides is 1. The van der Waals surface area contributed by atoms with Crippen LogP contribution < -0.4 is 10.1 Å². The molecule has 11 nitrogen and oxygen atoms in total. The molecule has 2 aliphatic rings. The lowest BCUT2D eigenvalue weighted by Crippen LogP contribution is -2.18. The molecule has 0 radical (unpaired) electrons. The van der Waals surface area contributed by atoms with Crippen molar-refractivity contribution in [1.29, 1.82) is 0 Å². The summed E-state index contributed by atoms with van der Waals surface area (Å²) in [5.74, 6) is 1.97. The Morgan fingerprint density at radius 2 is 1.88 bits per heavy atom. The summed E-state index contributed by atoms with van der Waals surface area (Å²) in [6.07, 6.45) is 10.5. The van der Waals surface area contributed by atoms with Gasteiger partial charge in [0.2, 0.25) is 5.91 Å². The predicted molar refractivity (Wildman–Crippen MR) is 116 cm³/mol. The second-order valence-electron chi connectivity index (χ2n) is 7.95. The van der Waals surface area contributed by atoms with Crippen LogP contribution in [0.1, 0.15) is 68.8 Å². The van der Waals surface area contributed by atoms with Crippen LogP contribution in [0.5, 0.6) is 5.75 Å². The van der Waals surface area contributed by atoms with E-state index in [2.05, 4.69) is 25.5 Å². The molecule has 1 aliphatic carbocycles. The Morgan fingerprint density at radius 1 is 1.12 bits per heavy atom. The van der Waals surface area contributed by atoms with E-state index in [1.165, 1.54) is 32.1 Å². The number of carbonyl (C=O) groups is 1. The van der Waals surface area contributed by atoms with Crippen LogP contribution in [0.15, 0.2) is 18.2 Å². The molecule has 2 heterocycles. The number of fused-ring (bicyclic) bond motifs is 1. The number of hydrogen-bond acceptors (Lipinski definition) is 7. The van der Waals surface area contributed by atoms with E-state index in [4.69, 9.17) is 22.3 Å². The topological polar surface area (TPSA) is 157 Å². The van der Waals surface area contributed by atoms with Crippen LogP contribution >= 0.6 is 0 Å². The van der Waals surface area contributed by atoms with Crippen LogP contribution in [-0.2, 0) is 28.0 Å². The number of unbranched alkanes of at least 4 members (excludes halogenated alkanes) is 1. The number of ether oxygens (including phenoxy) is 1. The van der Waals surface area contributed by atoms with Crippen molar-refractivity contribution in [3.05, 3.63) is 29.6 Å². The Labute approximate surface area is 187 Å². The third kappa shape index (κ3) is 7.84. The number of benzene rings is 1. The number of hydrogen-bond donors (Lipinski definition) is 3. The molecule has 0 bridgehead atoms. The Morgan fingerprint density at radius 3 is 2.62 bits per heavy atom. The molecule has 0 atom stereocenters. The van der Waals surface area contributed by atoms with Gasteiger partial charge in [-0.3, -0.25) is 13.9 Å². The summed E-state index contributed by atoms with van der Waals surface area (Å²) in [6.45, 7) is 0.677. The van der Waals surface area contributed by atoms with Crippen LogP contribution in [0, 0.1) is 0 Å². The van der Waals surface area contributed by atoms with Gasteiger partial charge in [-0.25, -0.2) is 4.68 Å². The molecule has 1 aromatic carbocycles. The van der Waals surface area contributed by atoms with Crippen molar-refractivity contribution in [1.82, 2.24) is 20.2 Å². The fourth-order valence-corrected chi connectivity index (χ4v) is 4.01. The fraction of sp³-hybridized carbons (Fsp3) is 0.600. The monoisotopic (exact) mass is 467 g/mol. The molecule has 4 rings (SSSR count). The third-order valence-electron chi connectivity index (χ3n) is 5.52. The summed E-state index contributed by atoms with van der Waals surface area (Å²) < 4.78 is 39.5.